The predicted molar refractivity (Wildman–Crippen MR) is 37.6 cm³/mol. The molecule has 0 spiro atoms. The van der Waals surface area contributed by atoms with Crippen molar-refractivity contribution in [1.82, 2.24) is 0 Å². The molecule has 66 valence electrons. The fourth-order valence-electron chi connectivity index (χ4n) is 0.789. The van der Waals surface area contributed by atoms with Crippen molar-refractivity contribution >= 4 is 11.9 Å². The molecule has 0 radical (unpaired) electrons. The maximum atomic E-state index is 10.8. The summed E-state index contributed by atoms with van der Waals surface area (Å²) in [7, 11) is 0. The van der Waals surface area contributed by atoms with Gasteiger partial charge in [-0.3, -0.25) is 4.79 Å². The van der Waals surface area contributed by atoms with Gasteiger partial charge in [0, 0.05) is 0 Å². The minimum absolute atomic E-state index is 0.194. The van der Waals surface area contributed by atoms with E-state index < -0.39 is 18.5 Å². The van der Waals surface area contributed by atoms with Crippen molar-refractivity contribution in [2.75, 3.05) is 0 Å². The first-order chi connectivity index (χ1) is 5.59. The van der Waals surface area contributed by atoms with Gasteiger partial charge >= 0.3 is 6.16 Å². The number of carbonyl (C=O) groups excluding carboxylic acids is 1. The van der Waals surface area contributed by atoms with Gasteiger partial charge in [0.25, 0.3) is 0 Å². The van der Waals surface area contributed by atoms with Crippen molar-refractivity contribution in [1.29, 1.82) is 0 Å². The predicted octanol–water partition coefficient (Wildman–Crippen LogP) is 0.551. The van der Waals surface area contributed by atoms with Gasteiger partial charge in [-0.05, 0) is 19.1 Å². The Morgan fingerprint density at radius 1 is 1.75 bits per heavy atom. The number of rotatable bonds is 1. The Hall–Kier alpha value is -1.36. The van der Waals surface area contributed by atoms with Crippen LogP contribution in [0.3, 0.4) is 0 Å². The van der Waals surface area contributed by atoms with Crippen LogP contribution in [0.2, 0.25) is 0 Å². The number of hydrogen-bond donors (Lipinski definition) is 1. The third-order valence-electron chi connectivity index (χ3n) is 1.37. The van der Waals surface area contributed by atoms with Crippen LogP contribution in [0.4, 0.5) is 4.79 Å². The summed E-state index contributed by atoms with van der Waals surface area (Å²) in [6.07, 6.45) is -0.515. The maximum Gasteiger partial charge on any atom is 0.508 e. The molecule has 0 saturated carbocycles. The summed E-state index contributed by atoms with van der Waals surface area (Å²) in [5.74, 6) is -0.194. The molecule has 0 aromatic carbocycles. The fourth-order valence-corrected chi connectivity index (χ4v) is 0.789. The van der Waals surface area contributed by atoms with Crippen LogP contribution in [-0.4, -0.2) is 29.4 Å². The van der Waals surface area contributed by atoms with Crippen LogP contribution in [0.5, 0.6) is 0 Å². The molecule has 1 rings (SSSR count). The van der Waals surface area contributed by atoms with E-state index in [1.54, 1.807) is 0 Å². The van der Waals surface area contributed by atoms with Gasteiger partial charge in [0.15, 0.2) is 5.78 Å². The summed E-state index contributed by atoms with van der Waals surface area (Å²) < 4.78 is 9.14. The van der Waals surface area contributed by atoms with Crippen LogP contribution in [0, 0.1) is 0 Å². The second kappa shape index (κ2) is 3.36. The molecule has 0 aromatic rings. The highest BCUT2D eigenvalue weighted by Gasteiger charge is 2.23. The molecule has 0 amide bonds. The molecule has 0 saturated heterocycles. The lowest BCUT2D eigenvalue weighted by molar-refractivity contribution is -0.149. The lowest BCUT2D eigenvalue weighted by Crippen LogP contribution is -2.31. The molecule has 1 aliphatic rings. The molecule has 0 unspecified atom stereocenters. The first kappa shape index (κ1) is 8.73. The summed E-state index contributed by atoms with van der Waals surface area (Å²) in [5.41, 5.74) is 0. The lowest BCUT2D eigenvalue weighted by atomic mass is 10.2. The molecular formula is C7H8O5. The van der Waals surface area contributed by atoms with Crippen LogP contribution >= 0.6 is 0 Å². The van der Waals surface area contributed by atoms with Crippen molar-refractivity contribution in [3.63, 3.8) is 0 Å². The Bertz CT molecular complexity index is 232. The van der Waals surface area contributed by atoms with E-state index in [4.69, 9.17) is 9.84 Å². The Morgan fingerprint density at radius 3 is 2.92 bits per heavy atom. The van der Waals surface area contributed by atoms with E-state index in [2.05, 4.69) is 4.74 Å². The molecule has 0 fully saturated rings. The third kappa shape index (κ3) is 2.06. The summed E-state index contributed by atoms with van der Waals surface area (Å²) >= 11 is 0. The minimum atomic E-state index is -1.42. The Balaban J connectivity index is 2.55. The molecular weight excluding hydrogens is 164 g/mol. The van der Waals surface area contributed by atoms with Gasteiger partial charge in [0.1, 0.15) is 6.10 Å². The molecule has 0 bridgehead atoms. The highest BCUT2D eigenvalue weighted by molar-refractivity contribution is 5.93. The smallest absolute Gasteiger partial charge is 0.450 e. The topological polar surface area (TPSA) is 72.8 Å². The van der Waals surface area contributed by atoms with Crippen LogP contribution < -0.4 is 0 Å². The molecule has 12 heavy (non-hydrogen) atoms. The fraction of sp³-hybridized carbons (Fsp3) is 0.429. The molecule has 5 heteroatoms. The largest absolute Gasteiger partial charge is 0.508 e. The Morgan fingerprint density at radius 2 is 2.42 bits per heavy atom. The van der Waals surface area contributed by atoms with Crippen molar-refractivity contribution in [2.24, 2.45) is 0 Å². The van der Waals surface area contributed by atoms with Gasteiger partial charge in [-0.1, -0.05) is 0 Å². The van der Waals surface area contributed by atoms with Crippen LogP contribution in [0.25, 0.3) is 0 Å². The zero-order valence-corrected chi connectivity index (χ0v) is 6.39. The van der Waals surface area contributed by atoms with E-state index in [9.17, 15) is 9.59 Å². The molecule has 1 heterocycles. The normalized spacial score (nSPS) is 28.6. The minimum Gasteiger partial charge on any atom is -0.450 e. The van der Waals surface area contributed by atoms with Gasteiger partial charge in [0.05, 0.1) is 0 Å². The monoisotopic (exact) mass is 172 g/mol. The summed E-state index contributed by atoms with van der Waals surface area (Å²) in [4.78, 5) is 20.8. The number of ketones is 1. The van der Waals surface area contributed by atoms with Gasteiger partial charge < -0.3 is 14.6 Å². The highest BCUT2D eigenvalue weighted by Crippen LogP contribution is 2.09. The van der Waals surface area contributed by atoms with E-state index in [0.29, 0.717) is 0 Å². The first-order valence-electron chi connectivity index (χ1n) is 3.36. The number of carboxylic acid groups (broad SMARTS) is 1. The zero-order valence-electron chi connectivity index (χ0n) is 6.39. The quantitative estimate of drug-likeness (QED) is 0.584. The molecule has 2 atom stereocenters. The third-order valence-corrected chi connectivity index (χ3v) is 1.37. The maximum absolute atomic E-state index is 10.8. The Labute approximate surface area is 68.6 Å². The van der Waals surface area contributed by atoms with E-state index in [0.717, 1.165) is 0 Å². The number of hydrogen-bond acceptors (Lipinski definition) is 4. The van der Waals surface area contributed by atoms with Crippen molar-refractivity contribution in [2.45, 2.75) is 19.3 Å². The van der Waals surface area contributed by atoms with Gasteiger partial charge in [-0.15, -0.1) is 0 Å². The van der Waals surface area contributed by atoms with E-state index >= 15 is 0 Å². The molecule has 0 aliphatic carbocycles. The zero-order chi connectivity index (χ0) is 9.14. The highest BCUT2D eigenvalue weighted by atomic mass is 16.8. The molecule has 5 nitrogen and oxygen atoms in total. The van der Waals surface area contributed by atoms with Crippen molar-refractivity contribution in [3.8, 4) is 0 Å². The van der Waals surface area contributed by atoms with Gasteiger partial charge in [-0.25, -0.2) is 4.79 Å². The standard InChI is InChI=1S/C7H8O5/c1-4-5(8)2-3-6(11-4)12-7(9)10/h2-4,6H,1H3,(H,9,10)/t4-,6+/m1/s1. The van der Waals surface area contributed by atoms with Crippen molar-refractivity contribution in [3.05, 3.63) is 12.2 Å². The molecule has 0 aromatic heterocycles. The molecule has 1 N–H and O–H groups in total. The van der Waals surface area contributed by atoms with E-state index in [-0.39, 0.29) is 5.78 Å². The van der Waals surface area contributed by atoms with Crippen molar-refractivity contribution < 1.29 is 24.2 Å². The Kier molecular flexibility index (Phi) is 2.44. The molecule has 1 aliphatic heterocycles. The average Bonchev–Trinajstić information content (AvgIpc) is 1.96. The first-order valence-corrected chi connectivity index (χ1v) is 3.36. The van der Waals surface area contributed by atoms with Gasteiger partial charge in [-0.2, -0.15) is 0 Å². The second-order valence-electron chi connectivity index (χ2n) is 2.29. The summed E-state index contributed by atoms with van der Waals surface area (Å²) in [6.45, 7) is 1.53. The average molecular weight is 172 g/mol. The summed E-state index contributed by atoms with van der Waals surface area (Å²) in [5, 5.41) is 8.20. The number of carbonyl (C=O) groups is 2. The van der Waals surface area contributed by atoms with E-state index in [1.807, 2.05) is 0 Å². The van der Waals surface area contributed by atoms with Crippen LogP contribution in [-0.2, 0) is 14.3 Å². The lowest BCUT2D eigenvalue weighted by Gasteiger charge is -2.20. The summed E-state index contributed by atoms with van der Waals surface area (Å²) in [6, 6.07) is 0. The second-order valence-corrected chi connectivity index (χ2v) is 2.29. The van der Waals surface area contributed by atoms with E-state index in [1.165, 1.54) is 19.1 Å². The van der Waals surface area contributed by atoms with Gasteiger partial charge in [0.2, 0.25) is 6.29 Å². The van der Waals surface area contributed by atoms with Crippen LogP contribution in [0.1, 0.15) is 6.92 Å². The number of ether oxygens (including phenoxy) is 2. The SMILES string of the molecule is C[C@H]1O[C@@H](OC(=O)O)C=CC1=O. The van der Waals surface area contributed by atoms with Crippen LogP contribution in [0.15, 0.2) is 12.2 Å².